The Morgan fingerprint density at radius 2 is 1.96 bits per heavy atom. The zero-order valence-corrected chi connectivity index (χ0v) is 16.0. The highest BCUT2D eigenvalue weighted by Crippen LogP contribution is 2.17. The molecule has 24 heavy (non-hydrogen) atoms. The summed E-state index contributed by atoms with van der Waals surface area (Å²) in [6, 6.07) is 7.77. The zero-order valence-electron chi connectivity index (χ0n) is 14.4. The van der Waals surface area contributed by atoms with Gasteiger partial charge in [0, 0.05) is 31.5 Å². The van der Waals surface area contributed by atoms with Crippen molar-refractivity contribution in [3.63, 3.8) is 0 Å². The lowest BCUT2D eigenvalue weighted by Crippen LogP contribution is -2.41. The number of carbonyl (C=O) groups excluding carboxylic acids is 1. The summed E-state index contributed by atoms with van der Waals surface area (Å²) in [6.07, 6.45) is 5.49. The number of methoxy groups -OCH3 is 1. The maximum absolute atomic E-state index is 12.9. The lowest BCUT2D eigenvalue weighted by molar-refractivity contribution is 0.0589. The van der Waals surface area contributed by atoms with Crippen LogP contribution in [0.1, 0.15) is 37.0 Å². The van der Waals surface area contributed by atoms with Gasteiger partial charge < -0.3 is 9.64 Å². The molecule has 5 nitrogen and oxygen atoms in total. The van der Waals surface area contributed by atoms with Gasteiger partial charge in [-0.1, -0.05) is 13.8 Å². The summed E-state index contributed by atoms with van der Waals surface area (Å²) in [4.78, 5) is 14.8. The van der Waals surface area contributed by atoms with Crippen molar-refractivity contribution in [1.29, 1.82) is 0 Å². The van der Waals surface area contributed by atoms with Crippen molar-refractivity contribution < 1.29 is 9.53 Å². The molecule has 0 fully saturated rings. The van der Waals surface area contributed by atoms with E-state index in [1.807, 2.05) is 35.4 Å². The van der Waals surface area contributed by atoms with Gasteiger partial charge in [-0.3, -0.25) is 4.79 Å². The summed E-state index contributed by atoms with van der Waals surface area (Å²) >= 11 is 3.39. The molecule has 0 radical (unpaired) electrons. The molecule has 1 amide bonds. The van der Waals surface area contributed by atoms with Gasteiger partial charge in [-0.15, -0.1) is 0 Å². The van der Waals surface area contributed by atoms with E-state index in [1.54, 1.807) is 18.0 Å². The molecule has 1 aromatic heterocycles. The molecule has 6 heteroatoms. The number of amides is 1. The first-order chi connectivity index (χ1) is 11.6. The Kier molecular flexibility index (Phi) is 6.99. The smallest absolute Gasteiger partial charge is 0.254 e. The predicted octanol–water partition coefficient (Wildman–Crippen LogP) is 3.91. The quantitative estimate of drug-likeness (QED) is 0.682. The number of hydrogen-bond donors (Lipinski definition) is 0. The minimum absolute atomic E-state index is 0.0499. The second-order valence-electron chi connectivity index (χ2n) is 5.61. The maximum atomic E-state index is 12.9. The van der Waals surface area contributed by atoms with Crippen LogP contribution in [0.2, 0.25) is 0 Å². The molecule has 1 heterocycles. The van der Waals surface area contributed by atoms with Gasteiger partial charge in [-0.05, 0) is 53.0 Å². The van der Waals surface area contributed by atoms with Gasteiger partial charge in [0.2, 0.25) is 0 Å². The van der Waals surface area contributed by atoms with E-state index < -0.39 is 0 Å². The zero-order chi connectivity index (χ0) is 17.5. The number of halogens is 1. The summed E-state index contributed by atoms with van der Waals surface area (Å²) in [5.74, 6) is 0.0499. The van der Waals surface area contributed by atoms with Gasteiger partial charge in [0.25, 0.3) is 5.91 Å². The third kappa shape index (κ3) is 4.45. The van der Waals surface area contributed by atoms with Gasteiger partial charge in [-0.25, -0.2) is 4.68 Å². The molecule has 0 aliphatic carbocycles. The van der Waals surface area contributed by atoms with Crippen LogP contribution in [0.4, 0.5) is 0 Å². The molecule has 2 aromatic rings. The highest BCUT2D eigenvalue weighted by atomic mass is 79.9. The van der Waals surface area contributed by atoms with E-state index in [2.05, 4.69) is 34.9 Å². The van der Waals surface area contributed by atoms with Gasteiger partial charge in [-0.2, -0.15) is 5.10 Å². The molecular weight excluding hydrogens is 370 g/mol. The van der Waals surface area contributed by atoms with Gasteiger partial charge in [0.15, 0.2) is 0 Å². The SMILES string of the molecule is CCC(CC)N(CCOC)C(=O)c1ccc(-n2cc(Br)cn2)cc1. The molecule has 0 saturated heterocycles. The fraction of sp³-hybridized carbons (Fsp3) is 0.444. The molecule has 0 aliphatic heterocycles. The number of rotatable bonds is 8. The Morgan fingerprint density at radius 1 is 1.29 bits per heavy atom. The first kappa shape index (κ1) is 18.7. The summed E-state index contributed by atoms with van der Waals surface area (Å²) in [6.45, 7) is 5.37. The van der Waals surface area contributed by atoms with E-state index in [0.29, 0.717) is 18.7 Å². The van der Waals surface area contributed by atoms with Crippen LogP contribution in [0.3, 0.4) is 0 Å². The minimum atomic E-state index is 0.0499. The molecule has 130 valence electrons. The number of benzene rings is 1. The number of hydrogen-bond acceptors (Lipinski definition) is 3. The van der Waals surface area contributed by atoms with Crippen LogP contribution in [-0.4, -0.2) is 46.9 Å². The van der Waals surface area contributed by atoms with E-state index in [0.717, 1.165) is 23.0 Å². The Labute approximate surface area is 151 Å². The van der Waals surface area contributed by atoms with E-state index in [1.165, 1.54) is 0 Å². The van der Waals surface area contributed by atoms with Crippen molar-refractivity contribution in [3.8, 4) is 5.69 Å². The average molecular weight is 394 g/mol. The normalized spacial score (nSPS) is 11.0. The van der Waals surface area contributed by atoms with Crippen molar-refractivity contribution >= 4 is 21.8 Å². The highest BCUT2D eigenvalue weighted by Gasteiger charge is 2.22. The average Bonchev–Trinajstić information content (AvgIpc) is 3.04. The first-order valence-electron chi connectivity index (χ1n) is 8.21. The topological polar surface area (TPSA) is 47.4 Å². The molecule has 0 saturated carbocycles. The Balaban J connectivity index is 2.19. The third-order valence-electron chi connectivity index (χ3n) is 4.11. The maximum Gasteiger partial charge on any atom is 0.254 e. The highest BCUT2D eigenvalue weighted by molar-refractivity contribution is 9.10. The van der Waals surface area contributed by atoms with Gasteiger partial charge in [0.1, 0.15) is 0 Å². The monoisotopic (exact) mass is 393 g/mol. The molecule has 0 N–H and O–H groups in total. The molecule has 0 aliphatic rings. The Hall–Kier alpha value is -1.66. The second-order valence-corrected chi connectivity index (χ2v) is 6.53. The van der Waals surface area contributed by atoms with Crippen LogP contribution < -0.4 is 0 Å². The van der Waals surface area contributed by atoms with Crippen molar-refractivity contribution in [3.05, 3.63) is 46.7 Å². The lowest BCUT2D eigenvalue weighted by atomic mass is 10.1. The van der Waals surface area contributed by atoms with E-state index >= 15 is 0 Å². The van der Waals surface area contributed by atoms with Crippen molar-refractivity contribution in [2.75, 3.05) is 20.3 Å². The number of ether oxygens (including phenoxy) is 1. The number of aromatic nitrogens is 2. The summed E-state index contributed by atoms with van der Waals surface area (Å²) in [5, 5.41) is 4.25. The van der Waals surface area contributed by atoms with Crippen molar-refractivity contribution in [2.24, 2.45) is 0 Å². The molecule has 0 unspecified atom stereocenters. The van der Waals surface area contributed by atoms with E-state index in [9.17, 15) is 4.79 Å². The first-order valence-corrected chi connectivity index (χ1v) is 9.00. The van der Waals surface area contributed by atoms with E-state index in [4.69, 9.17) is 4.74 Å². The summed E-state index contributed by atoms with van der Waals surface area (Å²) in [5.41, 5.74) is 1.61. The van der Waals surface area contributed by atoms with Crippen LogP contribution in [0, 0.1) is 0 Å². The van der Waals surface area contributed by atoms with Crippen LogP contribution in [-0.2, 0) is 4.74 Å². The van der Waals surface area contributed by atoms with Crippen LogP contribution in [0.25, 0.3) is 5.69 Å². The number of nitrogens with zero attached hydrogens (tertiary/aromatic N) is 3. The van der Waals surface area contributed by atoms with E-state index in [-0.39, 0.29) is 11.9 Å². The number of carbonyl (C=O) groups is 1. The third-order valence-corrected chi connectivity index (χ3v) is 4.52. The molecule has 0 spiro atoms. The molecule has 0 bridgehead atoms. The Morgan fingerprint density at radius 3 is 2.46 bits per heavy atom. The molecule has 1 aromatic carbocycles. The Bertz CT molecular complexity index is 651. The van der Waals surface area contributed by atoms with Gasteiger partial charge in [0.05, 0.1) is 23.0 Å². The summed E-state index contributed by atoms with van der Waals surface area (Å²) < 4.78 is 7.85. The fourth-order valence-corrected chi connectivity index (χ4v) is 3.02. The lowest BCUT2D eigenvalue weighted by Gasteiger charge is -2.30. The van der Waals surface area contributed by atoms with Crippen LogP contribution >= 0.6 is 15.9 Å². The van der Waals surface area contributed by atoms with Gasteiger partial charge >= 0.3 is 0 Å². The molecular formula is C18H24BrN3O2. The standard InChI is InChI=1S/C18H24BrN3O2/c1-4-16(5-2)21(10-11-24-3)18(23)14-6-8-17(9-7-14)22-13-15(19)12-20-22/h6-9,12-13,16H,4-5,10-11H2,1-3H3. The van der Waals surface area contributed by atoms with Crippen molar-refractivity contribution in [2.45, 2.75) is 32.7 Å². The molecule has 2 rings (SSSR count). The molecule has 0 atom stereocenters. The summed E-state index contributed by atoms with van der Waals surface area (Å²) in [7, 11) is 1.66. The largest absolute Gasteiger partial charge is 0.383 e. The van der Waals surface area contributed by atoms with Crippen LogP contribution in [0.5, 0.6) is 0 Å². The second kappa shape index (κ2) is 8.99. The van der Waals surface area contributed by atoms with Crippen LogP contribution in [0.15, 0.2) is 41.1 Å². The minimum Gasteiger partial charge on any atom is -0.383 e. The predicted molar refractivity (Wildman–Crippen MR) is 98.5 cm³/mol. The van der Waals surface area contributed by atoms with Crippen molar-refractivity contribution in [1.82, 2.24) is 14.7 Å². The fourth-order valence-electron chi connectivity index (χ4n) is 2.73.